The van der Waals surface area contributed by atoms with Gasteiger partial charge < -0.3 is 15.0 Å². The van der Waals surface area contributed by atoms with Crippen molar-refractivity contribution < 1.29 is 9.53 Å². The highest BCUT2D eigenvalue weighted by Gasteiger charge is 2.20. The molecule has 0 radical (unpaired) electrons. The Morgan fingerprint density at radius 3 is 2.67 bits per heavy atom. The van der Waals surface area contributed by atoms with E-state index >= 15 is 0 Å². The average Bonchev–Trinajstić information content (AvgIpc) is 3.10. The third kappa shape index (κ3) is 5.24. The maximum atomic E-state index is 12.3. The second kappa shape index (κ2) is 9.57. The zero-order valence-electron chi connectivity index (χ0n) is 15.5. The van der Waals surface area contributed by atoms with Gasteiger partial charge in [-0.3, -0.25) is 9.36 Å². The summed E-state index contributed by atoms with van der Waals surface area (Å²) in [5, 5.41) is 12.4. The van der Waals surface area contributed by atoms with Crippen molar-refractivity contribution in [3.8, 4) is 0 Å². The predicted molar refractivity (Wildman–Crippen MR) is 110 cm³/mol. The van der Waals surface area contributed by atoms with E-state index in [9.17, 15) is 4.79 Å². The molecule has 1 aliphatic heterocycles. The molecule has 1 aromatic heterocycles. The van der Waals surface area contributed by atoms with Crippen LogP contribution in [0.15, 0.2) is 33.9 Å². The largest absolute Gasteiger partial charge is 0.378 e. The molecule has 9 heteroatoms. The van der Waals surface area contributed by atoms with Gasteiger partial charge in [-0.1, -0.05) is 39.8 Å². The Hall–Kier alpha value is -1.58. The van der Waals surface area contributed by atoms with Gasteiger partial charge in [0.1, 0.15) is 0 Å². The molecule has 3 rings (SSSR count). The molecule has 1 unspecified atom stereocenters. The summed E-state index contributed by atoms with van der Waals surface area (Å²) in [5.41, 5.74) is 1.07. The van der Waals surface area contributed by atoms with Crippen LogP contribution in [0.2, 0.25) is 0 Å². The van der Waals surface area contributed by atoms with Crippen molar-refractivity contribution in [1.29, 1.82) is 0 Å². The normalized spacial score (nSPS) is 15.6. The van der Waals surface area contributed by atoms with E-state index in [4.69, 9.17) is 4.74 Å². The lowest BCUT2D eigenvalue weighted by Gasteiger charge is -2.27. The number of hydrogen-bond donors (Lipinski definition) is 1. The quantitative estimate of drug-likeness (QED) is 0.649. The van der Waals surface area contributed by atoms with E-state index in [0.29, 0.717) is 19.0 Å². The first-order chi connectivity index (χ1) is 13.1. The summed E-state index contributed by atoms with van der Waals surface area (Å²) in [6.07, 6.45) is 0. The van der Waals surface area contributed by atoms with E-state index in [1.165, 1.54) is 11.8 Å². The molecular formula is C18H24BrN5O2S. The van der Waals surface area contributed by atoms with Crippen LogP contribution in [0.4, 0.5) is 5.95 Å². The van der Waals surface area contributed by atoms with Crippen LogP contribution in [0.3, 0.4) is 0 Å². The highest BCUT2D eigenvalue weighted by molar-refractivity contribution is 9.10. The monoisotopic (exact) mass is 453 g/mol. The number of nitrogens with one attached hydrogen (secondary N) is 1. The first-order valence-corrected chi connectivity index (χ1v) is 10.8. The molecule has 1 atom stereocenters. The number of nitrogens with zero attached hydrogens (tertiary/aromatic N) is 4. The summed E-state index contributed by atoms with van der Waals surface area (Å²) in [6.45, 7) is 7.84. The number of thioether (sulfide) groups is 1. The van der Waals surface area contributed by atoms with Gasteiger partial charge in [0.25, 0.3) is 0 Å². The smallest absolute Gasteiger partial charge is 0.230 e. The number of ether oxygens (including phenoxy) is 1. The van der Waals surface area contributed by atoms with Crippen molar-refractivity contribution in [2.75, 3.05) is 37.0 Å². The molecule has 2 heterocycles. The highest BCUT2D eigenvalue weighted by atomic mass is 79.9. The van der Waals surface area contributed by atoms with Crippen LogP contribution < -0.4 is 10.2 Å². The molecule has 27 heavy (non-hydrogen) atoms. The Balaban J connectivity index is 1.56. The first kappa shape index (κ1) is 20.2. The number of benzene rings is 1. The maximum Gasteiger partial charge on any atom is 0.230 e. The molecule has 146 valence electrons. The van der Waals surface area contributed by atoms with E-state index in [2.05, 4.69) is 47.8 Å². The van der Waals surface area contributed by atoms with Crippen molar-refractivity contribution in [3.05, 3.63) is 34.3 Å². The predicted octanol–water partition coefficient (Wildman–Crippen LogP) is 2.87. The molecule has 1 aromatic carbocycles. The zero-order chi connectivity index (χ0) is 19.2. The summed E-state index contributed by atoms with van der Waals surface area (Å²) >= 11 is 4.84. The van der Waals surface area contributed by atoms with Crippen molar-refractivity contribution in [3.63, 3.8) is 0 Å². The standard InChI is InChI=1S/C18H24BrN5O2S/c1-3-24-17(23-8-10-26-11-9-23)21-22-18(24)27-12-16(25)20-13(2)14-4-6-15(19)7-5-14/h4-7,13H,3,8-12H2,1-2H3,(H,20,25). The van der Waals surface area contributed by atoms with Gasteiger partial charge in [0.05, 0.1) is 25.0 Å². The summed E-state index contributed by atoms with van der Waals surface area (Å²) < 4.78 is 8.48. The molecule has 1 amide bonds. The lowest BCUT2D eigenvalue weighted by atomic mass is 10.1. The van der Waals surface area contributed by atoms with Crippen LogP contribution in [0.5, 0.6) is 0 Å². The number of amides is 1. The van der Waals surface area contributed by atoms with Crippen molar-refractivity contribution in [2.45, 2.75) is 31.6 Å². The van der Waals surface area contributed by atoms with Crippen LogP contribution in [0, 0.1) is 0 Å². The zero-order valence-corrected chi connectivity index (χ0v) is 17.9. The lowest BCUT2D eigenvalue weighted by Crippen LogP contribution is -2.38. The van der Waals surface area contributed by atoms with E-state index in [-0.39, 0.29) is 11.9 Å². The minimum atomic E-state index is -0.0424. The minimum absolute atomic E-state index is 0.0194. The van der Waals surface area contributed by atoms with E-state index < -0.39 is 0 Å². The topological polar surface area (TPSA) is 72.3 Å². The SMILES string of the molecule is CCn1c(SCC(=O)NC(C)c2ccc(Br)cc2)nnc1N1CCOCC1. The third-order valence-electron chi connectivity index (χ3n) is 4.39. The Morgan fingerprint density at radius 2 is 2.00 bits per heavy atom. The van der Waals surface area contributed by atoms with Gasteiger partial charge in [0, 0.05) is 24.1 Å². The summed E-state index contributed by atoms with van der Waals surface area (Å²) in [4.78, 5) is 14.5. The van der Waals surface area contributed by atoms with Crippen LogP contribution in [0.1, 0.15) is 25.5 Å². The molecule has 1 fully saturated rings. The molecule has 7 nitrogen and oxygen atoms in total. The van der Waals surface area contributed by atoms with Gasteiger partial charge >= 0.3 is 0 Å². The maximum absolute atomic E-state index is 12.3. The van der Waals surface area contributed by atoms with Gasteiger partial charge in [-0.25, -0.2) is 0 Å². The van der Waals surface area contributed by atoms with E-state index in [1.807, 2.05) is 31.2 Å². The molecule has 0 spiro atoms. The second-order valence-electron chi connectivity index (χ2n) is 6.26. The van der Waals surface area contributed by atoms with Crippen molar-refractivity contribution in [2.24, 2.45) is 0 Å². The minimum Gasteiger partial charge on any atom is -0.378 e. The van der Waals surface area contributed by atoms with Gasteiger partial charge in [-0.05, 0) is 31.5 Å². The summed E-state index contributed by atoms with van der Waals surface area (Å²) in [7, 11) is 0. The Bertz CT molecular complexity index is 762. The van der Waals surface area contributed by atoms with Crippen LogP contribution in [0.25, 0.3) is 0 Å². The van der Waals surface area contributed by atoms with Crippen molar-refractivity contribution >= 4 is 39.5 Å². The molecule has 0 saturated carbocycles. The summed E-state index contributed by atoms with van der Waals surface area (Å²) in [6, 6.07) is 7.92. The number of carbonyl (C=O) groups is 1. The van der Waals surface area contributed by atoms with Crippen LogP contribution in [-0.4, -0.2) is 52.7 Å². The fourth-order valence-electron chi connectivity index (χ4n) is 2.91. The lowest BCUT2D eigenvalue weighted by molar-refractivity contribution is -0.119. The second-order valence-corrected chi connectivity index (χ2v) is 8.11. The van der Waals surface area contributed by atoms with Crippen LogP contribution >= 0.6 is 27.7 Å². The molecule has 1 aliphatic rings. The molecular weight excluding hydrogens is 430 g/mol. The number of rotatable bonds is 7. The summed E-state index contributed by atoms with van der Waals surface area (Å²) in [5.74, 6) is 1.14. The molecule has 1 N–H and O–H groups in total. The number of hydrogen-bond acceptors (Lipinski definition) is 6. The Labute approximate surface area is 172 Å². The van der Waals surface area contributed by atoms with Gasteiger partial charge in [0.15, 0.2) is 5.16 Å². The van der Waals surface area contributed by atoms with Crippen molar-refractivity contribution in [1.82, 2.24) is 20.1 Å². The van der Waals surface area contributed by atoms with E-state index in [1.54, 1.807) is 0 Å². The number of aromatic nitrogens is 3. The number of anilines is 1. The Kier molecular flexibility index (Phi) is 7.14. The molecule has 0 aliphatic carbocycles. The average molecular weight is 454 g/mol. The molecule has 0 bridgehead atoms. The van der Waals surface area contributed by atoms with E-state index in [0.717, 1.165) is 40.8 Å². The van der Waals surface area contributed by atoms with Gasteiger partial charge in [0.2, 0.25) is 11.9 Å². The number of halogens is 1. The number of morpholine rings is 1. The fraction of sp³-hybridized carbons (Fsp3) is 0.500. The van der Waals surface area contributed by atoms with Crippen LogP contribution in [-0.2, 0) is 16.1 Å². The molecule has 1 saturated heterocycles. The van der Waals surface area contributed by atoms with Gasteiger partial charge in [-0.15, -0.1) is 10.2 Å². The first-order valence-electron chi connectivity index (χ1n) is 9.02. The third-order valence-corrected chi connectivity index (χ3v) is 5.88. The fourth-order valence-corrected chi connectivity index (χ4v) is 3.98. The highest BCUT2D eigenvalue weighted by Crippen LogP contribution is 2.23. The van der Waals surface area contributed by atoms with Gasteiger partial charge in [-0.2, -0.15) is 0 Å². The Morgan fingerprint density at radius 1 is 1.30 bits per heavy atom. The number of carbonyl (C=O) groups excluding carboxylic acids is 1. The molecule has 2 aromatic rings.